The van der Waals surface area contributed by atoms with E-state index in [0.29, 0.717) is 0 Å². The lowest BCUT2D eigenvalue weighted by molar-refractivity contribution is 0.230. The first-order chi connectivity index (χ1) is 9.11. The van der Waals surface area contributed by atoms with E-state index in [2.05, 4.69) is 24.3 Å². The van der Waals surface area contributed by atoms with Gasteiger partial charge in [0.25, 0.3) is 0 Å². The summed E-state index contributed by atoms with van der Waals surface area (Å²) in [4.78, 5) is 0. The number of aliphatic hydroxyl groups is 1. The summed E-state index contributed by atoms with van der Waals surface area (Å²) in [6.45, 7) is 5.12. The molecule has 0 fully saturated rings. The Bertz CT molecular complexity index is 505. The Morgan fingerprint density at radius 2 is 2.00 bits per heavy atom. The average Bonchev–Trinajstić information content (AvgIpc) is 2.86. The van der Waals surface area contributed by atoms with Gasteiger partial charge in [0, 0.05) is 30.5 Å². The number of aromatic nitrogens is 2. The Balaban J connectivity index is 1.99. The van der Waals surface area contributed by atoms with E-state index in [4.69, 9.17) is 5.11 Å². The van der Waals surface area contributed by atoms with E-state index >= 15 is 0 Å². The quantitative estimate of drug-likeness (QED) is 0.835. The van der Waals surface area contributed by atoms with E-state index < -0.39 is 0 Å². The van der Waals surface area contributed by atoms with Crippen molar-refractivity contribution in [3.8, 4) is 5.69 Å². The van der Waals surface area contributed by atoms with Crippen molar-refractivity contribution < 1.29 is 5.11 Å². The lowest BCUT2D eigenvalue weighted by Crippen LogP contribution is -2.39. The van der Waals surface area contributed by atoms with Crippen molar-refractivity contribution in [2.75, 3.05) is 6.61 Å². The molecular formula is C15H21N3O. The fraction of sp³-hybridized carbons (Fsp3) is 0.400. The van der Waals surface area contributed by atoms with Gasteiger partial charge in [0.2, 0.25) is 0 Å². The first kappa shape index (κ1) is 13.8. The van der Waals surface area contributed by atoms with Gasteiger partial charge in [-0.15, -0.1) is 0 Å². The zero-order chi connectivity index (χ0) is 13.7. The topological polar surface area (TPSA) is 50.1 Å². The molecule has 0 amide bonds. The van der Waals surface area contributed by atoms with Crippen LogP contribution in [-0.4, -0.2) is 27.0 Å². The second kappa shape index (κ2) is 5.99. The van der Waals surface area contributed by atoms with Crippen LogP contribution in [0.4, 0.5) is 0 Å². The molecule has 0 aliphatic rings. The number of hydrogen-bond acceptors (Lipinski definition) is 3. The van der Waals surface area contributed by atoms with Crippen LogP contribution < -0.4 is 5.32 Å². The fourth-order valence-electron chi connectivity index (χ4n) is 1.88. The van der Waals surface area contributed by atoms with Gasteiger partial charge in [-0.1, -0.05) is 18.2 Å². The molecule has 0 spiro atoms. The molecule has 19 heavy (non-hydrogen) atoms. The van der Waals surface area contributed by atoms with Crippen LogP contribution in [0.2, 0.25) is 0 Å². The van der Waals surface area contributed by atoms with Crippen LogP contribution in [0.1, 0.15) is 25.8 Å². The molecular weight excluding hydrogens is 238 g/mol. The smallest absolute Gasteiger partial charge is 0.0645 e. The van der Waals surface area contributed by atoms with Gasteiger partial charge in [0.1, 0.15) is 0 Å². The highest BCUT2D eigenvalue weighted by molar-refractivity contribution is 5.30. The third kappa shape index (κ3) is 3.91. The van der Waals surface area contributed by atoms with E-state index in [1.54, 1.807) is 0 Å². The van der Waals surface area contributed by atoms with Crippen molar-refractivity contribution >= 4 is 0 Å². The predicted molar refractivity (Wildman–Crippen MR) is 76.2 cm³/mol. The monoisotopic (exact) mass is 259 g/mol. The molecule has 1 aromatic carbocycles. The molecule has 4 heteroatoms. The first-order valence-corrected chi connectivity index (χ1v) is 6.55. The Kier molecular flexibility index (Phi) is 4.35. The molecule has 0 saturated heterocycles. The van der Waals surface area contributed by atoms with Crippen molar-refractivity contribution in [2.24, 2.45) is 0 Å². The van der Waals surface area contributed by atoms with Gasteiger partial charge < -0.3 is 10.4 Å². The SMILES string of the molecule is CC(C)(CCO)NCc1cnn(-c2ccccc2)c1. The third-order valence-electron chi connectivity index (χ3n) is 3.16. The second-order valence-electron chi connectivity index (χ2n) is 5.34. The average molecular weight is 259 g/mol. The second-order valence-corrected chi connectivity index (χ2v) is 5.34. The summed E-state index contributed by atoms with van der Waals surface area (Å²) in [6.07, 6.45) is 4.63. The number of nitrogens with one attached hydrogen (secondary N) is 1. The minimum absolute atomic E-state index is 0.0659. The Morgan fingerprint density at radius 1 is 1.26 bits per heavy atom. The number of benzene rings is 1. The zero-order valence-electron chi connectivity index (χ0n) is 11.5. The lowest BCUT2D eigenvalue weighted by Gasteiger charge is -2.25. The molecule has 0 aliphatic carbocycles. The molecule has 0 atom stereocenters. The van der Waals surface area contributed by atoms with Crippen LogP contribution in [0.5, 0.6) is 0 Å². The minimum atomic E-state index is -0.0659. The minimum Gasteiger partial charge on any atom is -0.396 e. The van der Waals surface area contributed by atoms with E-state index in [9.17, 15) is 0 Å². The van der Waals surface area contributed by atoms with Crippen LogP contribution in [0.15, 0.2) is 42.7 Å². The van der Waals surface area contributed by atoms with Crippen molar-refractivity contribution in [1.29, 1.82) is 0 Å². The van der Waals surface area contributed by atoms with Gasteiger partial charge in [-0.05, 0) is 32.4 Å². The van der Waals surface area contributed by atoms with Crippen molar-refractivity contribution in [3.63, 3.8) is 0 Å². The number of aliphatic hydroxyl groups excluding tert-OH is 1. The summed E-state index contributed by atoms with van der Waals surface area (Å²) in [5.74, 6) is 0. The number of nitrogens with zero attached hydrogens (tertiary/aromatic N) is 2. The number of rotatable bonds is 6. The van der Waals surface area contributed by atoms with E-state index in [1.807, 2.05) is 47.4 Å². The van der Waals surface area contributed by atoms with Gasteiger partial charge in [-0.3, -0.25) is 0 Å². The molecule has 0 aliphatic heterocycles. The van der Waals surface area contributed by atoms with Crippen LogP contribution in [-0.2, 0) is 6.54 Å². The Hall–Kier alpha value is -1.65. The van der Waals surface area contributed by atoms with Crippen molar-refractivity contribution in [3.05, 3.63) is 48.3 Å². The maximum atomic E-state index is 9.00. The summed E-state index contributed by atoms with van der Waals surface area (Å²) < 4.78 is 1.87. The molecule has 0 radical (unpaired) electrons. The summed E-state index contributed by atoms with van der Waals surface area (Å²) in [6, 6.07) is 10.0. The highest BCUT2D eigenvalue weighted by Gasteiger charge is 2.16. The maximum Gasteiger partial charge on any atom is 0.0645 e. The zero-order valence-corrected chi connectivity index (χ0v) is 11.5. The summed E-state index contributed by atoms with van der Waals surface area (Å²) in [5.41, 5.74) is 2.13. The highest BCUT2D eigenvalue weighted by atomic mass is 16.3. The fourth-order valence-corrected chi connectivity index (χ4v) is 1.88. The van der Waals surface area contributed by atoms with E-state index in [1.165, 1.54) is 0 Å². The van der Waals surface area contributed by atoms with Gasteiger partial charge in [-0.2, -0.15) is 5.10 Å². The van der Waals surface area contributed by atoms with Gasteiger partial charge in [0.05, 0.1) is 11.9 Å². The molecule has 2 N–H and O–H groups in total. The Morgan fingerprint density at radius 3 is 2.68 bits per heavy atom. The molecule has 1 heterocycles. The summed E-state index contributed by atoms with van der Waals surface area (Å²) in [5, 5.41) is 16.8. The van der Waals surface area contributed by atoms with Gasteiger partial charge in [0.15, 0.2) is 0 Å². The molecule has 0 saturated carbocycles. The predicted octanol–water partition coefficient (Wildman–Crippen LogP) is 2.12. The molecule has 1 aromatic heterocycles. The molecule has 0 bridgehead atoms. The lowest BCUT2D eigenvalue weighted by atomic mass is 10.0. The molecule has 4 nitrogen and oxygen atoms in total. The largest absolute Gasteiger partial charge is 0.396 e. The normalized spacial score (nSPS) is 11.7. The third-order valence-corrected chi connectivity index (χ3v) is 3.16. The molecule has 102 valence electrons. The molecule has 2 rings (SSSR count). The van der Waals surface area contributed by atoms with Gasteiger partial charge in [-0.25, -0.2) is 4.68 Å². The number of hydrogen-bond donors (Lipinski definition) is 2. The van der Waals surface area contributed by atoms with E-state index in [0.717, 1.165) is 24.2 Å². The molecule has 0 unspecified atom stereocenters. The molecule has 2 aromatic rings. The maximum absolute atomic E-state index is 9.00. The summed E-state index contributed by atoms with van der Waals surface area (Å²) in [7, 11) is 0. The van der Waals surface area contributed by atoms with Gasteiger partial charge >= 0.3 is 0 Å². The van der Waals surface area contributed by atoms with E-state index in [-0.39, 0.29) is 12.1 Å². The van der Waals surface area contributed by atoms with Crippen molar-refractivity contribution in [1.82, 2.24) is 15.1 Å². The highest BCUT2D eigenvalue weighted by Crippen LogP contribution is 2.11. The van der Waals surface area contributed by atoms with Crippen LogP contribution >= 0.6 is 0 Å². The van der Waals surface area contributed by atoms with Crippen LogP contribution in [0.25, 0.3) is 5.69 Å². The van der Waals surface area contributed by atoms with Crippen LogP contribution in [0.3, 0.4) is 0 Å². The first-order valence-electron chi connectivity index (χ1n) is 6.55. The Labute approximate surface area is 114 Å². The standard InChI is InChI=1S/C15H21N3O/c1-15(2,8-9-19)16-10-13-11-17-18(12-13)14-6-4-3-5-7-14/h3-7,11-12,16,19H,8-10H2,1-2H3. The number of para-hydroxylation sites is 1. The summed E-state index contributed by atoms with van der Waals surface area (Å²) >= 11 is 0. The van der Waals surface area contributed by atoms with Crippen LogP contribution in [0, 0.1) is 0 Å². The van der Waals surface area contributed by atoms with Crippen molar-refractivity contribution in [2.45, 2.75) is 32.4 Å².